The van der Waals surface area contributed by atoms with Crippen molar-refractivity contribution in [3.8, 4) is 11.5 Å². The normalized spacial score (nSPS) is 11.1. The van der Waals surface area contributed by atoms with E-state index in [-0.39, 0.29) is 45.6 Å². The monoisotopic (exact) mass is 442 g/mol. The Morgan fingerprint density at radius 3 is 2.45 bits per heavy atom. The molecule has 0 aliphatic heterocycles. The van der Waals surface area contributed by atoms with Gasteiger partial charge in [0.25, 0.3) is 5.56 Å². The smallest absolute Gasteiger partial charge is 0.337 e. The molecule has 3 rings (SSSR count). The van der Waals surface area contributed by atoms with Crippen molar-refractivity contribution in [1.82, 2.24) is 9.55 Å². The Hall–Kier alpha value is -3.33. The standard InChI is InChI=1S/C22H22N2O6S/c1-12(2)10-24-20(28)15-6-4-14(21(29)30-3)8-16(15)23-22(24)31-11-19(27)13-5-7-17(25)18(26)9-13/h4-9,12,25-26H,10-11H2,1-3H3. The number of Topliss-reactive ketones (excluding diaryl/α,β-unsaturated/α-hetero) is 1. The molecule has 0 saturated carbocycles. The first-order valence-corrected chi connectivity index (χ1v) is 10.5. The lowest BCUT2D eigenvalue weighted by Gasteiger charge is -2.15. The molecule has 0 saturated heterocycles. The molecule has 0 fully saturated rings. The predicted molar refractivity (Wildman–Crippen MR) is 117 cm³/mol. The van der Waals surface area contributed by atoms with Gasteiger partial charge in [-0.05, 0) is 42.3 Å². The second-order valence-corrected chi connectivity index (χ2v) is 8.29. The highest BCUT2D eigenvalue weighted by Crippen LogP contribution is 2.26. The van der Waals surface area contributed by atoms with Crippen LogP contribution in [0, 0.1) is 5.92 Å². The highest BCUT2D eigenvalue weighted by atomic mass is 32.2. The molecule has 0 aliphatic rings. The van der Waals surface area contributed by atoms with Gasteiger partial charge in [0.1, 0.15) is 0 Å². The first-order chi connectivity index (χ1) is 14.7. The topological polar surface area (TPSA) is 119 Å². The zero-order chi connectivity index (χ0) is 22.7. The van der Waals surface area contributed by atoms with Gasteiger partial charge in [0.2, 0.25) is 0 Å². The zero-order valence-electron chi connectivity index (χ0n) is 17.3. The van der Waals surface area contributed by atoms with Crippen molar-refractivity contribution in [2.75, 3.05) is 12.9 Å². The first-order valence-electron chi connectivity index (χ1n) is 9.52. The molecular formula is C22H22N2O6S. The third-order valence-electron chi connectivity index (χ3n) is 4.52. The largest absolute Gasteiger partial charge is 0.504 e. The van der Waals surface area contributed by atoms with E-state index in [1.54, 1.807) is 6.07 Å². The molecule has 8 nitrogen and oxygen atoms in total. The molecule has 0 amide bonds. The Balaban J connectivity index is 1.99. The van der Waals surface area contributed by atoms with Crippen molar-refractivity contribution in [3.63, 3.8) is 0 Å². The number of phenolic OH excluding ortho intramolecular Hbond substituents is 2. The van der Waals surface area contributed by atoms with Gasteiger partial charge < -0.3 is 14.9 Å². The Labute approximate surface area is 182 Å². The summed E-state index contributed by atoms with van der Waals surface area (Å²) in [5.74, 6) is -1.40. The molecule has 0 bridgehead atoms. The molecular weight excluding hydrogens is 420 g/mol. The Morgan fingerprint density at radius 2 is 1.81 bits per heavy atom. The van der Waals surface area contributed by atoms with Crippen LogP contribution in [-0.4, -0.2) is 44.4 Å². The highest BCUT2D eigenvalue weighted by molar-refractivity contribution is 7.99. The van der Waals surface area contributed by atoms with Crippen molar-refractivity contribution < 1.29 is 24.5 Å². The number of aromatic hydroxyl groups is 2. The van der Waals surface area contributed by atoms with Crippen LogP contribution in [0.25, 0.3) is 10.9 Å². The van der Waals surface area contributed by atoms with Crippen molar-refractivity contribution >= 4 is 34.4 Å². The van der Waals surface area contributed by atoms with E-state index in [1.165, 1.54) is 42.0 Å². The van der Waals surface area contributed by atoms with Crippen molar-refractivity contribution in [3.05, 3.63) is 57.9 Å². The van der Waals surface area contributed by atoms with Crippen molar-refractivity contribution in [2.24, 2.45) is 5.92 Å². The summed E-state index contributed by atoms with van der Waals surface area (Å²) in [5.41, 5.74) is 0.585. The number of methoxy groups -OCH3 is 1. The molecule has 1 heterocycles. The number of benzene rings is 2. The lowest BCUT2D eigenvalue weighted by atomic mass is 10.1. The average Bonchev–Trinajstić information content (AvgIpc) is 2.75. The number of nitrogens with zero attached hydrogens (tertiary/aromatic N) is 2. The maximum Gasteiger partial charge on any atom is 0.337 e. The van der Waals surface area contributed by atoms with Gasteiger partial charge in [-0.3, -0.25) is 14.2 Å². The summed E-state index contributed by atoms with van der Waals surface area (Å²) in [6.45, 7) is 4.35. The lowest BCUT2D eigenvalue weighted by Crippen LogP contribution is -2.26. The number of carbonyl (C=O) groups is 2. The molecule has 2 aromatic carbocycles. The van der Waals surface area contributed by atoms with Crippen LogP contribution in [-0.2, 0) is 11.3 Å². The fourth-order valence-corrected chi connectivity index (χ4v) is 3.90. The second kappa shape index (κ2) is 9.22. The number of phenols is 2. The van der Waals surface area contributed by atoms with Gasteiger partial charge >= 0.3 is 5.97 Å². The molecule has 1 aromatic heterocycles. The molecule has 31 heavy (non-hydrogen) atoms. The number of ketones is 1. The molecule has 162 valence electrons. The Morgan fingerprint density at radius 1 is 1.10 bits per heavy atom. The van der Waals surface area contributed by atoms with E-state index in [0.717, 1.165) is 11.8 Å². The number of fused-ring (bicyclic) bond motifs is 1. The van der Waals surface area contributed by atoms with E-state index in [0.29, 0.717) is 22.6 Å². The van der Waals surface area contributed by atoms with Gasteiger partial charge in [-0.15, -0.1) is 0 Å². The quantitative estimate of drug-likeness (QED) is 0.188. The fraction of sp³-hybridized carbons (Fsp3) is 0.273. The van der Waals surface area contributed by atoms with Gasteiger partial charge in [0.15, 0.2) is 22.4 Å². The molecule has 9 heteroatoms. The molecule has 0 spiro atoms. The molecule has 0 radical (unpaired) electrons. The Bertz CT molecular complexity index is 1220. The third-order valence-corrected chi connectivity index (χ3v) is 5.50. The summed E-state index contributed by atoms with van der Waals surface area (Å²) in [5, 5.41) is 19.8. The summed E-state index contributed by atoms with van der Waals surface area (Å²) >= 11 is 1.09. The van der Waals surface area contributed by atoms with E-state index in [9.17, 15) is 24.6 Å². The highest BCUT2D eigenvalue weighted by Gasteiger charge is 2.17. The van der Waals surface area contributed by atoms with Gasteiger partial charge in [-0.2, -0.15) is 0 Å². The second-order valence-electron chi connectivity index (χ2n) is 7.34. The number of rotatable bonds is 7. The number of hydrogen-bond acceptors (Lipinski definition) is 8. The van der Waals surface area contributed by atoms with Crippen LogP contribution in [0.3, 0.4) is 0 Å². The van der Waals surface area contributed by atoms with Crippen LogP contribution in [0.5, 0.6) is 11.5 Å². The molecule has 0 aliphatic carbocycles. The van der Waals surface area contributed by atoms with E-state index >= 15 is 0 Å². The minimum absolute atomic E-state index is 0.0308. The minimum Gasteiger partial charge on any atom is -0.504 e. The van der Waals surface area contributed by atoms with Gasteiger partial charge in [0, 0.05) is 12.1 Å². The van der Waals surface area contributed by atoms with E-state index in [1.807, 2.05) is 13.8 Å². The average molecular weight is 442 g/mol. The maximum absolute atomic E-state index is 13.1. The SMILES string of the molecule is COC(=O)c1ccc2c(=O)n(CC(C)C)c(SCC(=O)c3ccc(O)c(O)c3)nc2c1. The van der Waals surface area contributed by atoms with Crippen molar-refractivity contribution in [1.29, 1.82) is 0 Å². The van der Waals surface area contributed by atoms with Crippen LogP contribution in [0.15, 0.2) is 46.3 Å². The van der Waals surface area contributed by atoms with Crippen LogP contribution in [0.2, 0.25) is 0 Å². The molecule has 3 aromatic rings. The van der Waals surface area contributed by atoms with Crippen LogP contribution in [0.4, 0.5) is 0 Å². The number of ether oxygens (including phenoxy) is 1. The number of thioether (sulfide) groups is 1. The summed E-state index contributed by atoms with van der Waals surface area (Å²) in [6, 6.07) is 8.40. The summed E-state index contributed by atoms with van der Waals surface area (Å²) in [7, 11) is 1.27. The number of aromatic nitrogens is 2. The molecule has 2 N–H and O–H groups in total. The van der Waals surface area contributed by atoms with Crippen LogP contribution < -0.4 is 5.56 Å². The first kappa shape index (κ1) is 22.4. The van der Waals surface area contributed by atoms with Crippen LogP contribution in [0.1, 0.15) is 34.6 Å². The third kappa shape index (κ3) is 4.88. The molecule has 0 unspecified atom stereocenters. The van der Waals surface area contributed by atoms with Gasteiger partial charge in [0.05, 0.1) is 29.3 Å². The van der Waals surface area contributed by atoms with E-state index in [2.05, 4.69) is 4.98 Å². The van der Waals surface area contributed by atoms with E-state index in [4.69, 9.17) is 4.74 Å². The van der Waals surface area contributed by atoms with Gasteiger partial charge in [-0.25, -0.2) is 9.78 Å². The van der Waals surface area contributed by atoms with E-state index < -0.39 is 5.97 Å². The fourth-order valence-electron chi connectivity index (χ4n) is 2.99. The minimum atomic E-state index is -0.536. The van der Waals surface area contributed by atoms with Gasteiger partial charge in [-0.1, -0.05) is 25.6 Å². The lowest BCUT2D eigenvalue weighted by molar-refractivity contribution is 0.0600. The zero-order valence-corrected chi connectivity index (χ0v) is 18.1. The summed E-state index contributed by atoms with van der Waals surface area (Å²) in [6.07, 6.45) is 0. The predicted octanol–water partition coefficient (Wildman–Crippen LogP) is 3.23. The Kier molecular flexibility index (Phi) is 6.65. The number of carbonyl (C=O) groups excluding carboxylic acids is 2. The van der Waals surface area contributed by atoms with Crippen molar-refractivity contribution in [2.45, 2.75) is 25.5 Å². The molecule has 0 atom stereocenters. The van der Waals surface area contributed by atoms with Crippen LogP contribution >= 0.6 is 11.8 Å². The maximum atomic E-state index is 13.1. The number of esters is 1. The summed E-state index contributed by atoms with van der Waals surface area (Å²) in [4.78, 5) is 42.0. The summed E-state index contributed by atoms with van der Waals surface area (Å²) < 4.78 is 6.25. The number of hydrogen-bond donors (Lipinski definition) is 2.